The van der Waals surface area contributed by atoms with E-state index < -0.39 is 0 Å². The summed E-state index contributed by atoms with van der Waals surface area (Å²) in [4.78, 5) is 3.99. The van der Waals surface area contributed by atoms with Gasteiger partial charge in [-0.1, -0.05) is 0 Å². The van der Waals surface area contributed by atoms with Crippen LogP contribution in [0.5, 0.6) is 0 Å². The van der Waals surface area contributed by atoms with Gasteiger partial charge in [-0.2, -0.15) is 0 Å². The summed E-state index contributed by atoms with van der Waals surface area (Å²) in [6, 6.07) is 0. The molecule has 0 aromatic carbocycles. The van der Waals surface area contributed by atoms with E-state index in [1.165, 1.54) is 0 Å². The van der Waals surface area contributed by atoms with Gasteiger partial charge < -0.3 is 23.4 Å². The largest absolute Gasteiger partial charge is 1.00 e. The van der Waals surface area contributed by atoms with Crippen molar-refractivity contribution in [3.05, 3.63) is 12.4 Å². The molecule has 0 aliphatic rings. The third-order valence-electron chi connectivity index (χ3n) is 1.04. The van der Waals surface area contributed by atoms with E-state index in [1.54, 1.807) is 6.20 Å². The van der Waals surface area contributed by atoms with Crippen LogP contribution in [0.4, 0.5) is 5.95 Å². The predicted octanol–water partition coefficient (Wildman–Crippen LogP) is 0.189. The van der Waals surface area contributed by atoms with E-state index in [1.807, 2.05) is 24.9 Å². The zero-order valence-electron chi connectivity index (χ0n) is 5.80. The fraction of sp³-hybridized carbons (Fsp3) is 0.400. The monoisotopic (exact) mass is 207 g/mol. The summed E-state index contributed by atoms with van der Waals surface area (Å²) >= 11 is 0. The molecule has 1 aromatic rings. The molecule has 0 saturated heterocycles. The fourth-order valence-corrected chi connectivity index (χ4v) is 0.607. The Bertz CT molecular complexity index is 177. The van der Waals surface area contributed by atoms with E-state index in [2.05, 4.69) is 10.3 Å². The van der Waals surface area contributed by atoms with Gasteiger partial charge >= 0.3 is 17.1 Å². The van der Waals surface area contributed by atoms with Crippen LogP contribution in [-0.2, 0) is 37.6 Å². The van der Waals surface area contributed by atoms with Crippen molar-refractivity contribution in [2.75, 3.05) is 12.4 Å². The first-order chi connectivity index (χ1) is 3.84. The molecule has 1 rings (SSSR count). The van der Waals surface area contributed by atoms with Crippen molar-refractivity contribution >= 4 is 19.4 Å². The number of thiol groups is 1. The number of anilines is 1. The van der Waals surface area contributed by atoms with Gasteiger partial charge in [0.05, 0.1) is 0 Å². The van der Waals surface area contributed by atoms with Crippen molar-refractivity contribution in [1.82, 2.24) is 9.55 Å². The molecule has 0 aliphatic heterocycles. The number of hydrogen-bond donors (Lipinski definition) is 1. The van der Waals surface area contributed by atoms with E-state index in [4.69, 9.17) is 0 Å². The molecule has 0 radical (unpaired) electrons. The molecule has 62 valence electrons. The van der Waals surface area contributed by atoms with Crippen LogP contribution in [-0.4, -0.2) is 16.6 Å². The maximum atomic E-state index is 3.99. The minimum atomic E-state index is 0. The number of nitrogens with zero attached hydrogens (tertiary/aromatic N) is 2. The summed E-state index contributed by atoms with van der Waals surface area (Å²) in [7, 11) is 3.79. The SMILES string of the molecule is CNc1nccn1C.[Cu+].[SH-]. The third-order valence-corrected chi connectivity index (χ3v) is 1.04. The maximum Gasteiger partial charge on any atom is 1.00 e. The zero-order chi connectivity index (χ0) is 5.98. The van der Waals surface area contributed by atoms with Crippen LogP contribution in [0.3, 0.4) is 0 Å². The second-order valence-corrected chi connectivity index (χ2v) is 1.61. The van der Waals surface area contributed by atoms with Crippen LogP contribution >= 0.6 is 0 Å². The molecule has 10 heavy (non-hydrogen) atoms. The summed E-state index contributed by atoms with van der Waals surface area (Å²) in [5.74, 6) is 0.894. The molecule has 0 saturated carbocycles. The molecule has 0 bridgehead atoms. The van der Waals surface area contributed by atoms with Crippen molar-refractivity contribution in [2.45, 2.75) is 0 Å². The van der Waals surface area contributed by atoms with Crippen molar-refractivity contribution in [2.24, 2.45) is 7.05 Å². The molecule has 3 nitrogen and oxygen atoms in total. The predicted molar refractivity (Wildman–Crippen MR) is 41.5 cm³/mol. The Labute approximate surface area is 78.1 Å². The number of imidazole rings is 1. The molecule has 0 unspecified atom stereocenters. The summed E-state index contributed by atoms with van der Waals surface area (Å²) in [6.07, 6.45) is 3.65. The third kappa shape index (κ3) is 2.64. The molecule has 0 spiro atoms. The first-order valence-electron chi connectivity index (χ1n) is 2.49. The van der Waals surface area contributed by atoms with Crippen LogP contribution in [0.2, 0.25) is 0 Å². The summed E-state index contributed by atoms with van der Waals surface area (Å²) in [5.41, 5.74) is 0. The molecule has 5 heteroatoms. The van der Waals surface area contributed by atoms with Crippen molar-refractivity contribution in [3.8, 4) is 0 Å². The van der Waals surface area contributed by atoms with Gasteiger partial charge in [-0.25, -0.2) is 4.98 Å². The van der Waals surface area contributed by atoms with Crippen LogP contribution in [0.1, 0.15) is 0 Å². The summed E-state index contributed by atoms with van der Waals surface area (Å²) in [5, 5.41) is 2.93. The number of nitrogens with one attached hydrogen (secondary N) is 1. The van der Waals surface area contributed by atoms with E-state index in [0.717, 1.165) is 5.95 Å². The molecule has 1 aromatic heterocycles. The maximum absolute atomic E-state index is 3.99. The summed E-state index contributed by atoms with van der Waals surface area (Å²) < 4.78 is 1.92. The van der Waals surface area contributed by atoms with Crippen molar-refractivity contribution in [3.63, 3.8) is 0 Å². The number of aromatic nitrogens is 2. The van der Waals surface area contributed by atoms with Gasteiger partial charge in [0.2, 0.25) is 5.95 Å². The quantitative estimate of drug-likeness (QED) is 0.405. The van der Waals surface area contributed by atoms with E-state index >= 15 is 0 Å². The average Bonchev–Trinajstić information content (AvgIpc) is 2.14. The average molecular weight is 208 g/mol. The second kappa shape index (κ2) is 5.65. The smallest absolute Gasteiger partial charge is 0.813 e. The van der Waals surface area contributed by atoms with Gasteiger partial charge in [-0.15, -0.1) is 0 Å². The molecule has 0 aliphatic carbocycles. The first-order valence-corrected chi connectivity index (χ1v) is 2.49. The Balaban J connectivity index is 0. The number of aryl methyl sites for hydroxylation is 1. The molecule has 1 N–H and O–H groups in total. The van der Waals surface area contributed by atoms with Gasteiger partial charge in [-0.3, -0.25) is 0 Å². The minimum Gasteiger partial charge on any atom is -0.813 e. The van der Waals surface area contributed by atoms with Crippen LogP contribution in [0, 0.1) is 0 Å². The number of hydrogen-bond acceptors (Lipinski definition) is 3. The normalized spacial score (nSPS) is 7.40. The van der Waals surface area contributed by atoms with Gasteiger partial charge in [0.25, 0.3) is 0 Å². The second-order valence-electron chi connectivity index (χ2n) is 1.61. The molecule has 0 amide bonds. The minimum absolute atomic E-state index is 0. The fourth-order valence-electron chi connectivity index (χ4n) is 0.607. The summed E-state index contributed by atoms with van der Waals surface area (Å²) in [6.45, 7) is 0. The zero-order valence-corrected chi connectivity index (χ0v) is 7.63. The van der Waals surface area contributed by atoms with Crippen LogP contribution in [0.15, 0.2) is 12.4 Å². The molecular formula is C5H10CuN3S. The van der Waals surface area contributed by atoms with E-state index in [-0.39, 0.29) is 30.6 Å². The first kappa shape index (κ1) is 12.5. The topological polar surface area (TPSA) is 29.9 Å². The van der Waals surface area contributed by atoms with Crippen LogP contribution in [0.25, 0.3) is 0 Å². The Hall–Kier alpha value is -0.121. The Morgan fingerprint density at radius 2 is 2.20 bits per heavy atom. The van der Waals surface area contributed by atoms with E-state index in [9.17, 15) is 0 Å². The van der Waals surface area contributed by atoms with Gasteiger partial charge in [-0.05, 0) is 0 Å². The molecule has 0 fully saturated rings. The standard InChI is InChI=1S/C5H9N3.Cu.H2S/c1-6-5-7-3-4-8(5)2;;/h3-4H,1-2H3,(H,6,7);;1H2/q;+1;/p-1. The van der Waals surface area contributed by atoms with E-state index in [0.29, 0.717) is 0 Å². The molecule has 1 heterocycles. The van der Waals surface area contributed by atoms with Gasteiger partial charge in [0, 0.05) is 26.5 Å². The van der Waals surface area contributed by atoms with Crippen molar-refractivity contribution in [1.29, 1.82) is 0 Å². The molecular weight excluding hydrogens is 198 g/mol. The van der Waals surface area contributed by atoms with Gasteiger partial charge in [0.1, 0.15) is 0 Å². The number of rotatable bonds is 1. The van der Waals surface area contributed by atoms with Crippen LogP contribution < -0.4 is 5.32 Å². The Morgan fingerprint density at radius 1 is 1.60 bits per heavy atom. The Morgan fingerprint density at radius 3 is 2.40 bits per heavy atom. The molecule has 0 atom stereocenters. The Kier molecular flexibility index (Phi) is 7.09. The van der Waals surface area contributed by atoms with Gasteiger partial charge in [0.15, 0.2) is 0 Å². The van der Waals surface area contributed by atoms with Crippen molar-refractivity contribution < 1.29 is 17.1 Å².